The van der Waals surface area contributed by atoms with Crippen LogP contribution >= 0.6 is 23.2 Å². The number of ether oxygens (including phenoxy) is 1. The van der Waals surface area contributed by atoms with Crippen molar-refractivity contribution in [3.63, 3.8) is 0 Å². The average Bonchev–Trinajstić information content (AvgIpc) is 2.34. The molecule has 1 unspecified atom stereocenters. The zero-order valence-electron chi connectivity index (χ0n) is 9.88. The molecule has 17 heavy (non-hydrogen) atoms. The van der Waals surface area contributed by atoms with E-state index in [9.17, 15) is 0 Å². The lowest BCUT2D eigenvalue weighted by Crippen LogP contribution is -2.36. The summed E-state index contributed by atoms with van der Waals surface area (Å²) in [4.78, 5) is 0. The zero-order valence-corrected chi connectivity index (χ0v) is 11.4. The summed E-state index contributed by atoms with van der Waals surface area (Å²) in [6, 6.07) is 6.62. The number of rotatable bonds is 3. The van der Waals surface area contributed by atoms with Crippen molar-refractivity contribution in [3.8, 4) is 0 Å². The molecule has 1 aromatic rings. The Morgan fingerprint density at radius 2 is 1.94 bits per heavy atom. The van der Waals surface area contributed by atoms with E-state index in [1.54, 1.807) is 0 Å². The second-order valence-electron chi connectivity index (χ2n) is 4.45. The van der Waals surface area contributed by atoms with Gasteiger partial charge in [-0.15, -0.1) is 0 Å². The van der Waals surface area contributed by atoms with E-state index in [0.29, 0.717) is 16.1 Å². The van der Waals surface area contributed by atoms with Crippen LogP contribution in [0.2, 0.25) is 10.0 Å². The third-order valence-electron chi connectivity index (χ3n) is 3.15. The molecule has 0 bridgehead atoms. The first-order valence-electron chi connectivity index (χ1n) is 5.95. The average molecular weight is 274 g/mol. The second kappa shape index (κ2) is 6.05. The molecule has 4 heteroatoms. The molecule has 1 fully saturated rings. The molecule has 0 aliphatic carbocycles. The van der Waals surface area contributed by atoms with Gasteiger partial charge in [0, 0.05) is 25.3 Å². The zero-order chi connectivity index (χ0) is 12.3. The van der Waals surface area contributed by atoms with Gasteiger partial charge in [-0.2, -0.15) is 0 Å². The van der Waals surface area contributed by atoms with Crippen LogP contribution in [-0.2, 0) is 4.74 Å². The molecular formula is C13H17Cl2NO. The van der Waals surface area contributed by atoms with Crippen molar-refractivity contribution in [3.05, 3.63) is 33.8 Å². The lowest BCUT2D eigenvalue weighted by atomic mass is 10.0. The van der Waals surface area contributed by atoms with Crippen molar-refractivity contribution in [1.82, 2.24) is 5.32 Å². The summed E-state index contributed by atoms with van der Waals surface area (Å²) in [5.74, 6) is 0. The maximum absolute atomic E-state index is 6.02. The molecule has 1 saturated heterocycles. The monoisotopic (exact) mass is 273 g/mol. The van der Waals surface area contributed by atoms with Crippen LogP contribution in [0.15, 0.2) is 18.2 Å². The van der Waals surface area contributed by atoms with Gasteiger partial charge in [0.2, 0.25) is 0 Å². The van der Waals surface area contributed by atoms with Gasteiger partial charge in [0.05, 0.1) is 10.0 Å². The van der Waals surface area contributed by atoms with Crippen LogP contribution in [0.5, 0.6) is 0 Å². The van der Waals surface area contributed by atoms with E-state index in [1.807, 2.05) is 18.2 Å². The molecule has 0 saturated carbocycles. The molecule has 1 N–H and O–H groups in total. The number of benzene rings is 1. The number of halogens is 2. The molecule has 1 atom stereocenters. The van der Waals surface area contributed by atoms with E-state index < -0.39 is 0 Å². The van der Waals surface area contributed by atoms with Gasteiger partial charge in [0.1, 0.15) is 0 Å². The minimum atomic E-state index is 0.285. The molecule has 0 radical (unpaired) electrons. The normalized spacial score (nSPS) is 19.2. The van der Waals surface area contributed by atoms with Crippen LogP contribution in [0.4, 0.5) is 0 Å². The lowest BCUT2D eigenvalue weighted by molar-refractivity contribution is 0.0754. The summed E-state index contributed by atoms with van der Waals surface area (Å²) in [6.07, 6.45) is 2.15. The SMILES string of the molecule is CC(NC1CCOCC1)c1ccc(Cl)c(Cl)c1. The van der Waals surface area contributed by atoms with Gasteiger partial charge in [-0.1, -0.05) is 29.3 Å². The minimum absolute atomic E-state index is 0.285. The number of hydrogen-bond acceptors (Lipinski definition) is 2. The lowest BCUT2D eigenvalue weighted by Gasteiger charge is -2.27. The highest BCUT2D eigenvalue weighted by molar-refractivity contribution is 6.42. The second-order valence-corrected chi connectivity index (χ2v) is 5.26. The van der Waals surface area contributed by atoms with Crippen LogP contribution in [0.25, 0.3) is 0 Å². The highest BCUT2D eigenvalue weighted by Gasteiger charge is 2.16. The Morgan fingerprint density at radius 1 is 1.24 bits per heavy atom. The summed E-state index contributed by atoms with van der Waals surface area (Å²) >= 11 is 11.9. The third-order valence-corrected chi connectivity index (χ3v) is 3.89. The summed E-state index contributed by atoms with van der Waals surface area (Å²) < 4.78 is 5.34. The first-order valence-corrected chi connectivity index (χ1v) is 6.71. The molecule has 1 heterocycles. The maximum Gasteiger partial charge on any atom is 0.0595 e. The highest BCUT2D eigenvalue weighted by atomic mass is 35.5. The van der Waals surface area contributed by atoms with Crippen LogP contribution in [0.1, 0.15) is 31.4 Å². The van der Waals surface area contributed by atoms with Gasteiger partial charge in [-0.05, 0) is 37.5 Å². The molecular weight excluding hydrogens is 257 g/mol. The molecule has 0 aromatic heterocycles. The molecule has 94 valence electrons. The first-order chi connectivity index (χ1) is 8.16. The number of nitrogens with one attached hydrogen (secondary N) is 1. The molecule has 1 aliphatic rings. The molecule has 2 nitrogen and oxygen atoms in total. The van der Waals surface area contributed by atoms with Gasteiger partial charge < -0.3 is 10.1 Å². The Labute approximate surface area is 112 Å². The topological polar surface area (TPSA) is 21.3 Å². The molecule has 0 amide bonds. The standard InChI is InChI=1S/C13H17Cl2NO/c1-9(16-11-4-6-17-7-5-11)10-2-3-12(14)13(15)8-10/h2-3,8-9,11,16H,4-7H2,1H3. The Kier molecular flexibility index (Phi) is 4.69. The number of hydrogen-bond donors (Lipinski definition) is 1. The van der Waals surface area contributed by atoms with Crippen molar-refractivity contribution in [2.75, 3.05) is 13.2 Å². The maximum atomic E-state index is 6.02. The van der Waals surface area contributed by atoms with E-state index in [-0.39, 0.29) is 6.04 Å². The van der Waals surface area contributed by atoms with Crippen molar-refractivity contribution in [1.29, 1.82) is 0 Å². The minimum Gasteiger partial charge on any atom is -0.381 e. The van der Waals surface area contributed by atoms with E-state index >= 15 is 0 Å². The van der Waals surface area contributed by atoms with E-state index in [0.717, 1.165) is 26.1 Å². The molecule has 2 rings (SSSR count). The predicted octanol–water partition coefficient (Wildman–Crippen LogP) is 3.82. The Hall–Kier alpha value is -0.280. The van der Waals surface area contributed by atoms with Gasteiger partial charge in [-0.3, -0.25) is 0 Å². The van der Waals surface area contributed by atoms with Crippen molar-refractivity contribution in [2.24, 2.45) is 0 Å². The van der Waals surface area contributed by atoms with Gasteiger partial charge >= 0.3 is 0 Å². The van der Waals surface area contributed by atoms with Crippen LogP contribution in [-0.4, -0.2) is 19.3 Å². The van der Waals surface area contributed by atoms with Crippen LogP contribution in [0.3, 0.4) is 0 Å². The molecule has 1 aliphatic heterocycles. The van der Waals surface area contributed by atoms with Gasteiger partial charge in [0.15, 0.2) is 0 Å². The van der Waals surface area contributed by atoms with Gasteiger partial charge in [-0.25, -0.2) is 0 Å². The first kappa shape index (κ1) is 13.2. The fourth-order valence-electron chi connectivity index (χ4n) is 2.10. The molecule has 0 spiro atoms. The van der Waals surface area contributed by atoms with E-state index in [4.69, 9.17) is 27.9 Å². The fraction of sp³-hybridized carbons (Fsp3) is 0.538. The summed E-state index contributed by atoms with van der Waals surface area (Å²) in [5, 5.41) is 4.82. The van der Waals surface area contributed by atoms with Crippen molar-refractivity contribution >= 4 is 23.2 Å². The predicted molar refractivity (Wildman–Crippen MR) is 71.9 cm³/mol. The van der Waals surface area contributed by atoms with Crippen molar-refractivity contribution < 1.29 is 4.74 Å². The summed E-state index contributed by atoms with van der Waals surface area (Å²) in [5.41, 5.74) is 1.17. The summed E-state index contributed by atoms with van der Waals surface area (Å²) in [6.45, 7) is 3.85. The Bertz CT molecular complexity index is 378. The van der Waals surface area contributed by atoms with Crippen molar-refractivity contribution in [2.45, 2.75) is 31.8 Å². The van der Waals surface area contributed by atoms with E-state index in [1.165, 1.54) is 5.56 Å². The summed E-state index contributed by atoms with van der Waals surface area (Å²) in [7, 11) is 0. The quantitative estimate of drug-likeness (QED) is 0.904. The largest absolute Gasteiger partial charge is 0.381 e. The Morgan fingerprint density at radius 3 is 2.59 bits per heavy atom. The Balaban J connectivity index is 1.98. The fourth-order valence-corrected chi connectivity index (χ4v) is 2.40. The van der Waals surface area contributed by atoms with E-state index in [2.05, 4.69) is 12.2 Å². The third kappa shape index (κ3) is 3.59. The van der Waals surface area contributed by atoms with Crippen LogP contribution < -0.4 is 5.32 Å². The molecule has 1 aromatic carbocycles. The highest BCUT2D eigenvalue weighted by Crippen LogP contribution is 2.26. The van der Waals surface area contributed by atoms with Gasteiger partial charge in [0.25, 0.3) is 0 Å². The smallest absolute Gasteiger partial charge is 0.0595 e. The van der Waals surface area contributed by atoms with Crippen LogP contribution in [0, 0.1) is 0 Å².